The minimum Gasteiger partial charge on any atom is -0.477 e. The van der Waals surface area contributed by atoms with Gasteiger partial charge >= 0.3 is 5.97 Å². The van der Waals surface area contributed by atoms with Gasteiger partial charge in [0.05, 0.1) is 77.7 Å². The number of carboxylic acids is 1. The lowest BCUT2D eigenvalue weighted by Crippen LogP contribution is -2.72. The van der Waals surface area contributed by atoms with Gasteiger partial charge in [0.25, 0.3) is 5.79 Å². The summed E-state index contributed by atoms with van der Waals surface area (Å²) in [5.41, 5.74) is 0. The molecule has 0 bridgehead atoms. The molecule has 10 heterocycles. The summed E-state index contributed by atoms with van der Waals surface area (Å²) in [5, 5.41) is 336. The highest BCUT2D eigenvalue weighted by molar-refractivity contribution is 5.78. The average molecular weight is 1930 g/mol. The van der Waals surface area contributed by atoms with Crippen molar-refractivity contribution in [3.63, 3.8) is 0 Å². The molecule has 5 amide bonds. The molecule has 0 radical (unpaired) electrons. The third-order valence-electron chi connectivity index (χ3n) is 23.9. The van der Waals surface area contributed by atoms with Gasteiger partial charge in [0.2, 0.25) is 29.5 Å². The number of ether oxygens (including phenoxy) is 19. The molecule has 0 unspecified atom stereocenters. The van der Waals surface area contributed by atoms with Crippen LogP contribution < -0.4 is 26.6 Å². The number of carbonyl (C=O) groups excluding carboxylic acids is 5. The Balaban J connectivity index is 0.996. The highest BCUT2D eigenvalue weighted by Gasteiger charge is 2.64. The fourth-order valence-corrected chi connectivity index (χ4v) is 16.9. The molecular weight excluding hydrogens is 1810 g/mol. The van der Waals surface area contributed by atoms with Gasteiger partial charge in [0.15, 0.2) is 56.6 Å². The van der Waals surface area contributed by atoms with E-state index >= 15 is 0 Å². The van der Waals surface area contributed by atoms with Crippen molar-refractivity contribution in [1.29, 1.82) is 0 Å². The molecule has 10 aliphatic rings. The smallest absolute Gasteiger partial charge is 0.364 e. The van der Waals surface area contributed by atoms with Gasteiger partial charge in [-0.1, -0.05) is 0 Å². The van der Waals surface area contributed by atoms with E-state index in [4.69, 9.17) is 90.0 Å². The molecule has 10 fully saturated rings. The molecule has 132 heavy (non-hydrogen) atoms. The number of aliphatic hydroxyl groups excluding tert-OH is 28. The lowest BCUT2D eigenvalue weighted by atomic mass is 9.88. The van der Waals surface area contributed by atoms with Crippen molar-refractivity contribution in [3.8, 4) is 0 Å². The Bertz CT molecular complexity index is 3680. The van der Waals surface area contributed by atoms with E-state index in [1.165, 1.54) is 6.92 Å². The second-order valence-corrected chi connectivity index (χ2v) is 33.2. The summed E-state index contributed by atoms with van der Waals surface area (Å²) in [6, 6.07) is -9.78. The number of hydrogen-bond donors (Lipinski definition) is 34. The number of nitrogens with one attached hydrogen (secondary N) is 5. The summed E-state index contributed by atoms with van der Waals surface area (Å²) in [7, 11) is 0. The summed E-state index contributed by atoms with van der Waals surface area (Å²) in [4.78, 5) is 77.7. The van der Waals surface area contributed by atoms with Gasteiger partial charge in [-0.3, -0.25) is 24.0 Å². The zero-order valence-electron chi connectivity index (χ0n) is 70.8. The summed E-state index contributed by atoms with van der Waals surface area (Å²) in [5.74, 6) is -10.8. The summed E-state index contributed by atoms with van der Waals surface area (Å²) in [6.07, 6.45) is -100. The van der Waals surface area contributed by atoms with E-state index in [9.17, 15) is 177 Å². The normalized spacial score (nSPS) is 47.2. The molecule has 0 saturated carbocycles. The lowest BCUT2D eigenvalue weighted by Gasteiger charge is -2.52. The first-order valence-electron chi connectivity index (χ1n) is 41.8. The van der Waals surface area contributed by atoms with Gasteiger partial charge in [-0.25, -0.2) is 4.79 Å². The maximum absolute atomic E-state index is 13.5. The Morgan fingerprint density at radius 2 is 0.727 bits per heavy atom. The van der Waals surface area contributed by atoms with Gasteiger partial charge in [-0.2, -0.15) is 0 Å². The second-order valence-electron chi connectivity index (χ2n) is 33.2. The van der Waals surface area contributed by atoms with Crippen LogP contribution in [0, 0.1) is 0 Å². The molecule has 10 rings (SSSR count). The van der Waals surface area contributed by atoms with Gasteiger partial charge < -0.3 is 265 Å². The van der Waals surface area contributed by atoms with Crippen LogP contribution in [0.15, 0.2) is 0 Å². The average Bonchev–Trinajstić information content (AvgIpc) is 0.682. The number of amides is 5. The van der Waals surface area contributed by atoms with E-state index in [0.29, 0.717) is 0 Å². The first-order chi connectivity index (χ1) is 62.3. The van der Waals surface area contributed by atoms with Crippen LogP contribution in [-0.4, -0.2) is 562 Å². The lowest BCUT2D eigenvalue weighted by molar-refractivity contribution is -0.400. The first kappa shape index (κ1) is 109. The van der Waals surface area contributed by atoms with Crippen LogP contribution in [0.1, 0.15) is 41.0 Å². The number of rotatable bonds is 36. The maximum Gasteiger partial charge on any atom is 0.364 e. The Kier molecular flexibility index (Phi) is 39.0. The molecule has 762 valence electrons. The molecule has 59 nitrogen and oxygen atoms in total. The molecule has 0 aromatic carbocycles. The molecule has 0 spiro atoms. The van der Waals surface area contributed by atoms with Crippen molar-refractivity contribution in [2.45, 2.75) is 353 Å². The molecule has 10 aliphatic heterocycles. The molecule has 59 heteroatoms. The highest BCUT2D eigenvalue weighted by atomic mass is 16.8. The van der Waals surface area contributed by atoms with E-state index in [0.717, 1.165) is 27.7 Å². The summed E-state index contributed by atoms with van der Waals surface area (Å²) >= 11 is 0. The zero-order chi connectivity index (χ0) is 97.6. The zero-order valence-corrected chi connectivity index (χ0v) is 70.8. The predicted octanol–water partition coefficient (Wildman–Crippen LogP) is -22.9. The summed E-state index contributed by atoms with van der Waals surface area (Å²) < 4.78 is 113. The standard InChI is InChI=1S/C73H121N5O54/c1-17-38(94)49(105)52(108)67(116-17)114-16-31-56(47(103)34(63(111)117-31)74-18(2)87)125-65-36(76-20(4)89)48(104)55(29(13-85)123-65)126-68-53(109)59(45(101)30(124-68)15-115-70-61(50(106)41(97)25(9-81)121-70)129-64-35(75-19(3)88)46(102)40(96)24(8-80)118-64)128-71-62(51(107)42(98)26(10-82)122-71)130-66-37(77-21(5)90)57(43(99)27(11-83)119-66)127-69-54(110)60(44(100)28(12-84)120-69)132-73(72(112)113)6-22(91)33(78-32(93)14-86)58(131-73)39(95)23(92)7-79/h17,22-31,33-71,79-86,91-92,94-111H,6-16H2,1-5H3,(H,74,87)(H,75,88)(H,76,89)(H,77,90)(H,78,93)(H,112,113)/t17-,22-,23+,24+,25+,26+,27+,28+,29+,30+,31+,33+,34+,35+,36+,37-,38+,39+,40+,41+,42+,43+,44-,45+,46+,47+,48+,49+,50-,51-,52-,53-,54+,55+,56+,57+,58+,59-,60-,61-,62-,63+,64-,65-,66-,67+,68-,69-,70-,71+,73-/m0/s1. The second kappa shape index (κ2) is 47.3. The van der Waals surface area contributed by atoms with E-state index < -0.39 is 420 Å². The minimum absolute atomic E-state index is 0.830. The fourth-order valence-electron chi connectivity index (χ4n) is 16.9. The van der Waals surface area contributed by atoms with Gasteiger partial charge in [0.1, 0.15) is 238 Å². The third kappa shape index (κ3) is 24.1. The van der Waals surface area contributed by atoms with Crippen molar-refractivity contribution < 1.29 is 267 Å². The Morgan fingerprint density at radius 1 is 0.341 bits per heavy atom. The molecule has 34 N–H and O–H groups in total. The Labute approximate surface area is 746 Å². The number of aliphatic hydroxyl groups is 28. The molecular formula is C73H121N5O54. The molecule has 0 aliphatic carbocycles. The maximum atomic E-state index is 13.5. The number of carbonyl (C=O) groups is 6. The molecule has 51 atom stereocenters. The SMILES string of the molecule is CC(=O)N[C@@H]1[C@H](O[C@@H]2[C@@H](O[C@@H]3[C@H](O)[C@H](O[C@H]4[C@H](O)[C@@H](NC(C)=O)[C@H](O[C@H]5[C@H](O)[C@@H](NC(C)=O)[C@H](O)O[C@@H]5CO[C@@H]5O[C@@H](C)[C@@H](O)[C@@H](O)[C@@H]5O)O[C@@H]4CO)O[C@H](CO[C@H]4O[C@H](CO)[C@@H](O)[C@H](O)[C@@H]4O[C@@H]4O[C@H](CO)[C@@H](O)[C@H](O)[C@H]4NC(C)=O)[C@H]3O)O[C@H](CO)[C@@H](O)[C@@H]2O)O[C@H](CO)[C@@H](O)[C@@H]1O[C@@H]1O[C@H](CO)[C@H](O)[C@H](O[C@]2(C(=O)O)C[C@H](O)[C@@H](NC(=O)CO)[C@H]([C@H](O)[C@H](O)CO)O2)[C@H]1O. The first-order valence-corrected chi connectivity index (χ1v) is 41.8. The van der Waals surface area contributed by atoms with Gasteiger partial charge in [-0.15, -0.1) is 0 Å². The van der Waals surface area contributed by atoms with Crippen molar-refractivity contribution in [2.75, 3.05) is 66.1 Å². The van der Waals surface area contributed by atoms with Crippen LogP contribution in [0.25, 0.3) is 0 Å². The fraction of sp³-hybridized carbons (Fsp3) is 0.918. The van der Waals surface area contributed by atoms with Crippen molar-refractivity contribution in [2.24, 2.45) is 0 Å². The van der Waals surface area contributed by atoms with Crippen LogP contribution in [0.2, 0.25) is 0 Å². The Hall–Kier alpha value is -5.06. The van der Waals surface area contributed by atoms with Gasteiger partial charge in [-0.05, 0) is 6.92 Å². The molecule has 0 aromatic rings. The minimum atomic E-state index is -3.43. The van der Waals surface area contributed by atoms with Crippen LogP contribution in [-0.2, 0) is 119 Å². The monoisotopic (exact) mass is 1930 g/mol. The quantitative estimate of drug-likeness (QED) is 0.0277. The van der Waals surface area contributed by atoms with Crippen LogP contribution >= 0.6 is 0 Å². The highest BCUT2D eigenvalue weighted by Crippen LogP contribution is 2.43. The van der Waals surface area contributed by atoms with E-state index in [2.05, 4.69) is 26.6 Å². The van der Waals surface area contributed by atoms with Crippen LogP contribution in [0.4, 0.5) is 0 Å². The number of aliphatic carboxylic acids is 1. The van der Waals surface area contributed by atoms with Crippen molar-refractivity contribution in [1.82, 2.24) is 26.6 Å². The largest absolute Gasteiger partial charge is 0.477 e. The topological polar surface area (TPSA) is 925 Å². The van der Waals surface area contributed by atoms with E-state index in [-0.39, 0.29) is 0 Å². The van der Waals surface area contributed by atoms with Gasteiger partial charge in [0, 0.05) is 34.1 Å². The number of hydrogen-bond acceptors (Lipinski definition) is 53. The molecule has 10 saturated heterocycles. The van der Waals surface area contributed by atoms with Crippen molar-refractivity contribution in [3.05, 3.63) is 0 Å². The third-order valence-corrected chi connectivity index (χ3v) is 23.9. The molecule has 0 aromatic heterocycles. The number of carboxylic acid groups (broad SMARTS) is 1. The van der Waals surface area contributed by atoms with Crippen LogP contribution in [0.3, 0.4) is 0 Å². The predicted molar refractivity (Wildman–Crippen MR) is 405 cm³/mol. The van der Waals surface area contributed by atoms with Crippen molar-refractivity contribution >= 4 is 35.5 Å². The van der Waals surface area contributed by atoms with E-state index in [1.54, 1.807) is 0 Å². The van der Waals surface area contributed by atoms with Crippen LogP contribution in [0.5, 0.6) is 0 Å². The van der Waals surface area contributed by atoms with E-state index in [1.807, 2.05) is 0 Å². The summed E-state index contributed by atoms with van der Waals surface area (Å²) in [6.45, 7) is -7.06. The Morgan fingerprint density at radius 3 is 1.25 bits per heavy atom.